The number of hydrogen-bond donors (Lipinski definition) is 1. The van der Waals surface area contributed by atoms with Crippen LogP contribution in [-0.4, -0.2) is 18.1 Å². The fourth-order valence-electron chi connectivity index (χ4n) is 1.25. The van der Waals surface area contributed by atoms with Gasteiger partial charge in [-0.05, 0) is 6.42 Å². The van der Waals surface area contributed by atoms with Gasteiger partial charge in [-0.3, -0.25) is 9.18 Å². The molecule has 1 amide bonds. The predicted molar refractivity (Wildman–Crippen MR) is 39.5 cm³/mol. The van der Waals surface area contributed by atoms with Gasteiger partial charge in [0.05, 0.1) is 6.67 Å². The highest BCUT2D eigenvalue weighted by molar-refractivity contribution is 5.80. The van der Waals surface area contributed by atoms with Gasteiger partial charge in [0.2, 0.25) is 5.91 Å². The van der Waals surface area contributed by atoms with Crippen LogP contribution >= 0.6 is 0 Å². The highest BCUT2D eigenvalue weighted by atomic mass is 19.1. The first kappa shape index (κ1) is 8.06. The maximum absolute atomic E-state index is 12.0. The van der Waals surface area contributed by atoms with Crippen LogP contribution < -0.4 is 5.32 Å². The molecular weight excluding hydrogens is 145 g/mol. The van der Waals surface area contributed by atoms with E-state index in [0.29, 0.717) is 12.8 Å². The maximum atomic E-state index is 12.0. The molecule has 3 heteroatoms. The third-order valence-corrected chi connectivity index (χ3v) is 1.96. The van der Waals surface area contributed by atoms with Crippen molar-refractivity contribution in [2.75, 3.05) is 6.67 Å². The summed E-state index contributed by atoms with van der Waals surface area (Å²) >= 11 is 0. The third kappa shape index (κ3) is 1.51. The van der Waals surface area contributed by atoms with Crippen LogP contribution in [-0.2, 0) is 4.79 Å². The molecule has 1 unspecified atom stereocenters. The van der Waals surface area contributed by atoms with Crippen LogP contribution in [0.15, 0.2) is 0 Å². The van der Waals surface area contributed by atoms with Crippen LogP contribution in [0.2, 0.25) is 0 Å². The Balaban J connectivity index is 2.64. The quantitative estimate of drug-likeness (QED) is 0.582. The molecule has 1 heterocycles. The van der Waals surface area contributed by atoms with Gasteiger partial charge in [0.1, 0.15) is 5.54 Å². The van der Waals surface area contributed by atoms with Crippen molar-refractivity contribution in [2.24, 2.45) is 0 Å². The number of carbonyl (C=O) groups excluding carboxylic acids is 1. The average Bonchev–Trinajstić information content (AvgIpc) is 2.34. The fourth-order valence-corrected chi connectivity index (χ4v) is 1.25. The van der Waals surface area contributed by atoms with Crippen LogP contribution in [0.4, 0.5) is 4.39 Å². The van der Waals surface area contributed by atoms with Crippen LogP contribution in [0.5, 0.6) is 0 Å². The summed E-state index contributed by atoms with van der Waals surface area (Å²) < 4.78 is 12.0. The van der Waals surface area contributed by atoms with Gasteiger partial charge in [0, 0.05) is 12.8 Å². The molecule has 1 fully saturated rings. The molecule has 0 bridgehead atoms. The van der Waals surface area contributed by atoms with Gasteiger partial charge < -0.3 is 5.32 Å². The largest absolute Gasteiger partial charge is 0.340 e. The molecule has 60 valence electrons. The molecule has 1 aliphatic heterocycles. The molecule has 1 aliphatic rings. The van der Waals surface area contributed by atoms with Crippen molar-refractivity contribution in [2.45, 2.75) is 24.8 Å². The summed E-state index contributed by atoms with van der Waals surface area (Å²) in [6, 6.07) is 0. The Hall–Kier alpha value is -1.04. The Morgan fingerprint density at radius 2 is 2.55 bits per heavy atom. The number of amides is 1. The molecule has 2 nitrogen and oxygen atoms in total. The summed E-state index contributed by atoms with van der Waals surface area (Å²) in [5, 5.41) is 2.60. The summed E-state index contributed by atoms with van der Waals surface area (Å²) in [7, 11) is 0. The van der Waals surface area contributed by atoms with Crippen LogP contribution in [0.1, 0.15) is 19.3 Å². The van der Waals surface area contributed by atoms with Crippen molar-refractivity contribution in [1.82, 2.24) is 5.32 Å². The van der Waals surface area contributed by atoms with Crippen molar-refractivity contribution in [3.05, 3.63) is 0 Å². The zero-order valence-corrected chi connectivity index (χ0v) is 6.19. The topological polar surface area (TPSA) is 29.1 Å². The van der Waals surface area contributed by atoms with Gasteiger partial charge in [-0.15, -0.1) is 6.42 Å². The molecule has 11 heavy (non-hydrogen) atoms. The molecule has 0 aromatic rings. The number of rotatable bonds is 2. The minimum Gasteiger partial charge on any atom is -0.340 e. The first-order chi connectivity index (χ1) is 5.22. The highest BCUT2D eigenvalue weighted by Gasteiger charge is 2.35. The number of halogens is 1. The summed E-state index contributed by atoms with van der Waals surface area (Å²) in [4.78, 5) is 10.8. The lowest BCUT2D eigenvalue weighted by Gasteiger charge is -2.20. The van der Waals surface area contributed by atoms with Gasteiger partial charge in [-0.25, -0.2) is 0 Å². The third-order valence-electron chi connectivity index (χ3n) is 1.96. The van der Waals surface area contributed by atoms with Gasteiger partial charge in [0.15, 0.2) is 0 Å². The zero-order chi connectivity index (χ0) is 8.32. The number of alkyl halides is 1. The minimum absolute atomic E-state index is 0.0728. The van der Waals surface area contributed by atoms with Gasteiger partial charge >= 0.3 is 0 Å². The standard InChI is InChI=1S/C8H10FNO/c1-2-8(5-6-9)4-3-7(11)10-8/h1H,3-6H2,(H,10,11). The fraction of sp³-hybridized carbons (Fsp3) is 0.625. The average molecular weight is 155 g/mol. The Labute approximate surface area is 65.2 Å². The molecule has 0 aliphatic carbocycles. The Bertz CT molecular complexity index is 209. The molecule has 0 aromatic heterocycles. The van der Waals surface area contributed by atoms with Crippen LogP contribution in [0.3, 0.4) is 0 Å². The second-order valence-electron chi connectivity index (χ2n) is 2.71. The molecule has 0 aromatic carbocycles. The monoisotopic (exact) mass is 155 g/mol. The molecule has 1 saturated heterocycles. The summed E-state index contributed by atoms with van der Waals surface area (Å²) in [6.45, 7) is -0.482. The lowest BCUT2D eigenvalue weighted by atomic mass is 9.95. The smallest absolute Gasteiger partial charge is 0.221 e. The van der Waals surface area contributed by atoms with E-state index in [-0.39, 0.29) is 12.3 Å². The Morgan fingerprint density at radius 3 is 2.91 bits per heavy atom. The lowest BCUT2D eigenvalue weighted by Crippen LogP contribution is -2.40. The Morgan fingerprint density at radius 1 is 1.82 bits per heavy atom. The van der Waals surface area contributed by atoms with Gasteiger partial charge in [0.25, 0.3) is 0 Å². The van der Waals surface area contributed by atoms with E-state index in [1.165, 1.54) is 0 Å². The molecule has 0 spiro atoms. The summed E-state index contributed by atoms with van der Waals surface area (Å²) in [6.07, 6.45) is 6.40. The van der Waals surface area contributed by atoms with E-state index in [1.807, 2.05) is 0 Å². The summed E-state index contributed by atoms with van der Waals surface area (Å²) in [5.74, 6) is 2.36. The molecule has 1 rings (SSSR count). The molecule has 0 saturated carbocycles. The van der Waals surface area contributed by atoms with E-state index >= 15 is 0 Å². The number of hydrogen-bond acceptors (Lipinski definition) is 1. The second kappa shape index (κ2) is 2.91. The number of nitrogens with one attached hydrogen (secondary N) is 1. The first-order valence-corrected chi connectivity index (χ1v) is 3.57. The number of carbonyl (C=O) groups is 1. The molecule has 1 atom stereocenters. The van der Waals surface area contributed by atoms with E-state index in [2.05, 4.69) is 11.2 Å². The summed E-state index contributed by atoms with van der Waals surface area (Å²) in [5.41, 5.74) is -0.689. The van der Waals surface area contributed by atoms with Crippen LogP contribution in [0.25, 0.3) is 0 Å². The van der Waals surface area contributed by atoms with Crippen molar-refractivity contribution >= 4 is 5.91 Å². The van der Waals surface area contributed by atoms with E-state index in [4.69, 9.17) is 6.42 Å². The van der Waals surface area contributed by atoms with Crippen molar-refractivity contribution in [1.29, 1.82) is 0 Å². The number of terminal acetylenes is 1. The highest BCUT2D eigenvalue weighted by Crippen LogP contribution is 2.22. The predicted octanol–water partition coefficient (Wildman–Crippen LogP) is 0.628. The van der Waals surface area contributed by atoms with Gasteiger partial charge in [-0.2, -0.15) is 0 Å². The van der Waals surface area contributed by atoms with E-state index < -0.39 is 12.2 Å². The molecular formula is C8H10FNO. The normalized spacial score (nSPS) is 29.6. The Kier molecular flexibility index (Phi) is 2.13. The van der Waals surface area contributed by atoms with E-state index in [0.717, 1.165) is 0 Å². The molecule has 1 N–H and O–H groups in total. The van der Waals surface area contributed by atoms with Crippen molar-refractivity contribution < 1.29 is 9.18 Å². The SMILES string of the molecule is C#CC1(CCF)CCC(=O)N1. The lowest BCUT2D eigenvalue weighted by molar-refractivity contribution is -0.119. The zero-order valence-electron chi connectivity index (χ0n) is 6.19. The minimum atomic E-state index is -0.689. The van der Waals surface area contributed by atoms with Crippen molar-refractivity contribution in [3.8, 4) is 12.3 Å². The second-order valence-corrected chi connectivity index (χ2v) is 2.71. The van der Waals surface area contributed by atoms with E-state index in [9.17, 15) is 9.18 Å². The maximum Gasteiger partial charge on any atom is 0.221 e. The first-order valence-electron chi connectivity index (χ1n) is 3.57. The molecule has 0 radical (unpaired) electrons. The van der Waals surface area contributed by atoms with E-state index in [1.54, 1.807) is 0 Å². The van der Waals surface area contributed by atoms with Crippen molar-refractivity contribution in [3.63, 3.8) is 0 Å². The van der Waals surface area contributed by atoms with Gasteiger partial charge in [-0.1, -0.05) is 5.92 Å². The van der Waals surface area contributed by atoms with Crippen LogP contribution in [0, 0.1) is 12.3 Å².